The molecule has 0 fully saturated rings. The van der Waals surface area contributed by atoms with Gasteiger partial charge in [0, 0.05) is 38.9 Å². The Balaban J connectivity index is 2.68. The van der Waals surface area contributed by atoms with Crippen LogP contribution in [0.2, 0.25) is 0 Å². The molecule has 0 amide bonds. The number of pyridine rings is 1. The summed E-state index contributed by atoms with van der Waals surface area (Å²) in [5.74, 6) is 0. The molecule has 1 aromatic rings. The topological polar surface area (TPSA) is 31.4 Å². The van der Waals surface area contributed by atoms with Crippen LogP contribution in [0.4, 0.5) is 5.69 Å². The zero-order chi connectivity index (χ0) is 13.5. The molecule has 1 N–H and O–H groups in total. The van der Waals surface area contributed by atoms with Gasteiger partial charge in [0.15, 0.2) is 0 Å². The summed E-state index contributed by atoms with van der Waals surface area (Å²) in [6, 6.07) is 2.59. The minimum Gasteiger partial charge on any atom is -0.372 e. The maximum Gasteiger partial charge on any atom is 0.0596 e. The molecule has 0 radical (unpaired) electrons. The third-order valence-electron chi connectivity index (χ3n) is 2.88. The summed E-state index contributed by atoms with van der Waals surface area (Å²) >= 11 is 0. The van der Waals surface area contributed by atoms with E-state index in [4.69, 9.17) is 0 Å². The van der Waals surface area contributed by atoms with Crippen LogP contribution in [0.1, 0.15) is 19.4 Å². The summed E-state index contributed by atoms with van der Waals surface area (Å²) in [5, 5.41) is 3.46. The number of aromatic nitrogens is 1. The molecule has 0 aromatic carbocycles. The molecule has 4 heteroatoms. The number of hydrogen-bond acceptors (Lipinski definition) is 4. The summed E-state index contributed by atoms with van der Waals surface area (Å²) in [4.78, 5) is 8.70. The summed E-state index contributed by atoms with van der Waals surface area (Å²) in [7, 11) is 6.32. The van der Waals surface area contributed by atoms with Gasteiger partial charge in [-0.1, -0.05) is 13.8 Å². The van der Waals surface area contributed by atoms with Crippen LogP contribution in [-0.4, -0.2) is 50.2 Å². The molecule has 0 atom stereocenters. The van der Waals surface area contributed by atoms with E-state index in [0.717, 1.165) is 19.6 Å². The smallest absolute Gasteiger partial charge is 0.0596 e. The highest BCUT2D eigenvalue weighted by atomic mass is 15.2. The number of hydrogen-bond donors (Lipinski definition) is 1. The molecule has 4 nitrogen and oxygen atoms in total. The molecule has 1 heterocycles. The molecule has 0 saturated carbocycles. The molecule has 102 valence electrons. The molecule has 1 rings (SSSR count). The van der Waals surface area contributed by atoms with Crippen LogP contribution in [-0.2, 0) is 6.54 Å². The first kappa shape index (κ1) is 14.9. The maximum atomic E-state index is 4.24. The van der Waals surface area contributed by atoms with Gasteiger partial charge in [-0.05, 0) is 25.7 Å². The highest BCUT2D eigenvalue weighted by molar-refractivity contribution is 5.51. The minimum absolute atomic E-state index is 0.498. The fourth-order valence-electron chi connectivity index (χ4n) is 1.69. The third-order valence-corrected chi connectivity index (χ3v) is 2.88. The summed E-state index contributed by atoms with van der Waals surface area (Å²) < 4.78 is 0. The van der Waals surface area contributed by atoms with Crippen molar-refractivity contribution in [3.8, 4) is 0 Å². The lowest BCUT2D eigenvalue weighted by atomic mass is 10.2. The average molecular weight is 250 g/mol. The minimum atomic E-state index is 0.498. The normalized spacial score (nSPS) is 11.3. The van der Waals surface area contributed by atoms with Gasteiger partial charge in [0.2, 0.25) is 0 Å². The van der Waals surface area contributed by atoms with Crippen LogP contribution >= 0.6 is 0 Å². The first-order chi connectivity index (χ1) is 8.50. The Morgan fingerprint density at radius 3 is 2.56 bits per heavy atom. The Morgan fingerprint density at radius 1 is 1.22 bits per heavy atom. The predicted octanol–water partition coefficient (Wildman–Crippen LogP) is 1.58. The van der Waals surface area contributed by atoms with E-state index >= 15 is 0 Å². The van der Waals surface area contributed by atoms with Crippen molar-refractivity contribution in [1.82, 2.24) is 15.2 Å². The van der Waals surface area contributed by atoms with Gasteiger partial charge in [0.05, 0.1) is 11.9 Å². The number of anilines is 1. The van der Waals surface area contributed by atoms with Crippen molar-refractivity contribution in [3.05, 3.63) is 24.0 Å². The number of nitrogens with one attached hydrogen (secondary N) is 1. The van der Waals surface area contributed by atoms with Crippen molar-refractivity contribution < 1.29 is 0 Å². The van der Waals surface area contributed by atoms with E-state index in [2.05, 4.69) is 61.2 Å². The van der Waals surface area contributed by atoms with Gasteiger partial charge < -0.3 is 15.1 Å². The second-order valence-corrected chi connectivity index (χ2v) is 5.26. The van der Waals surface area contributed by atoms with E-state index in [0.29, 0.717) is 6.04 Å². The van der Waals surface area contributed by atoms with Crippen molar-refractivity contribution in [2.75, 3.05) is 39.1 Å². The van der Waals surface area contributed by atoms with Crippen molar-refractivity contribution in [3.63, 3.8) is 0 Å². The van der Waals surface area contributed by atoms with E-state index in [1.807, 2.05) is 12.4 Å². The van der Waals surface area contributed by atoms with Crippen molar-refractivity contribution in [2.45, 2.75) is 26.4 Å². The van der Waals surface area contributed by atoms with Gasteiger partial charge in [0.1, 0.15) is 0 Å². The fraction of sp³-hybridized carbons (Fsp3) is 0.643. The zero-order valence-electron chi connectivity index (χ0n) is 12.3. The largest absolute Gasteiger partial charge is 0.372 e. The van der Waals surface area contributed by atoms with Gasteiger partial charge in [-0.2, -0.15) is 0 Å². The lowest BCUT2D eigenvalue weighted by Gasteiger charge is -2.24. The van der Waals surface area contributed by atoms with E-state index in [1.165, 1.54) is 11.3 Å². The number of nitrogens with zero attached hydrogens (tertiary/aromatic N) is 3. The van der Waals surface area contributed by atoms with Crippen LogP contribution in [0.3, 0.4) is 0 Å². The van der Waals surface area contributed by atoms with Crippen molar-refractivity contribution >= 4 is 5.69 Å². The van der Waals surface area contributed by atoms with Crippen LogP contribution < -0.4 is 10.2 Å². The highest BCUT2D eigenvalue weighted by Crippen LogP contribution is 2.17. The monoisotopic (exact) mass is 250 g/mol. The molecule has 1 aromatic heterocycles. The first-order valence-electron chi connectivity index (χ1n) is 6.53. The van der Waals surface area contributed by atoms with E-state index in [1.54, 1.807) is 0 Å². The maximum absolute atomic E-state index is 4.24. The third kappa shape index (κ3) is 5.02. The molecule has 18 heavy (non-hydrogen) atoms. The van der Waals surface area contributed by atoms with Crippen LogP contribution in [0.15, 0.2) is 18.5 Å². The number of likely N-dealkylation sites (N-methyl/N-ethyl adjacent to an activating group) is 2. The van der Waals surface area contributed by atoms with Gasteiger partial charge in [0.25, 0.3) is 0 Å². The van der Waals surface area contributed by atoms with Gasteiger partial charge in [-0.25, -0.2) is 0 Å². The number of rotatable bonds is 7. The van der Waals surface area contributed by atoms with Gasteiger partial charge >= 0.3 is 0 Å². The average Bonchev–Trinajstić information content (AvgIpc) is 2.33. The van der Waals surface area contributed by atoms with Crippen LogP contribution in [0.25, 0.3) is 0 Å². The van der Waals surface area contributed by atoms with Crippen molar-refractivity contribution in [1.29, 1.82) is 0 Å². The zero-order valence-corrected chi connectivity index (χ0v) is 12.3. The Kier molecular flexibility index (Phi) is 6.09. The summed E-state index contributed by atoms with van der Waals surface area (Å²) in [5.41, 5.74) is 2.52. The van der Waals surface area contributed by atoms with E-state index in [-0.39, 0.29) is 0 Å². The molecule has 0 aliphatic carbocycles. The summed E-state index contributed by atoms with van der Waals surface area (Å²) in [6.45, 7) is 7.27. The second-order valence-electron chi connectivity index (χ2n) is 5.26. The molecule has 0 bridgehead atoms. The molecule has 0 saturated heterocycles. The Hall–Kier alpha value is -1.13. The molecule has 0 unspecified atom stereocenters. The molecular formula is C14H26N4. The molecular weight excluding hydrogens is 224 g/mol. The molecule has 0 spiro atoms. The SMILES string of the molecule is CC(C)NCc1ccncc1N(C)CCN(C)C. The molecule has 0 aliphatic heterocycles. The first-order valence-corrected chi connectivity index (χ1v) is 6.53. The van der Waals surface area contributed by atoms with Crippen molar-refractivity contribution in [2.24, 2.45) is 0 Å². The quantitative estimate of drug-likeness (QED) is 0.796. The second kappa shape index (κ2) is 7.34. The highest BCUT2D eigenvalue weighted by Gasteiger charge is 2.08. The van der Waals surface area contributed by atoms with E-state index in [9.17, 15) is 0 Å². The van der Waals surface area contributed by atoms with Crippen LogP contribution in [0, 0.1) is 0 Å². The Morgan fingerprint density at radius 2 is 1.94 bits per heavy atom. The fourth-order valence-corrected chi connectivity index (χ4v) is 1.69. The predicted molar refractivity (Wildman–Crippen MR) is 78.0 cm³/mol. The summed E-state index contributed by atoms with van der Waals surface area (Å²) in [6.07, 6.45) is 3.81. The van der Waals surface area contributed by atoms with Gasteiger partial charge in [-0.15, -0.1) is 0 Å². The van der Waals surface area contributed by atoms with E-state index < -0.39 is 0 Å². The van der Waals surface area contributed by atoms with Gasteiger partial charge in [-0.3, -0.25) is 4.98 Å². The molecule has 0 aliphatic rings. The lowest BCUT2D eigenvalue weighted by molar-refractivity contribution is 0.416. The van der Waals surface area contributed by atoms with Crippen LogP contribution in [0.5, 0.6) is 0 Å². The standard InChI is InChI=1S/C14H26N4/c1-12(2)16-10-13-6-7-15-11-14(13)18(5)9-8-17(3)4/h6-7,11-12,16H,8-10H2,1-5H3. The lowest BCUT2D eigenvalue weighted by Crippen LogP contribution is -2.30. The Labute approximate surface area is 111 Å². The Bertz CT molecular complexity index is 349.